The Hall–Kier alpha value is 0.620. The molecule has 2 nitrogen and oxygen atoms in total. The van der Waals surface area contributed by atoms with E-state index in [-0.39, 0.29) is 11.7 Å². The average molecular weight is 288 g/mol. The van der Waals surface area contributed by atoms with Crippen molar-refractivity contribution in [3.8, 4) is 0 Å². The van der Waals surface area contributed by atoms with Crippen molar-refractivity contribution in [3.05, 3.63) is 0 Å². The minimum absolute atomic E-state index is 0.107. The molecule has 0 amide bonds. The predicted molar refractivity (Wildman–Crippen MR) is 79.5 cm³/mol. The van der Waals surface area contributed by atoms with Gasteiger partial charge in [-0.2, -0.15) is 23.5 Å². The lowest BCUT2D eigenvalue weighted by molar-refractivity contribution is -0.112. The molecule has 18 heavy (non-hydrogen) atoms. The van der Waals surface area contributed by atoms with E-state index < -0.39 is 0 Å². The van der Waals surface area contributed by atoms with E-state index in [0.29, 0.717) is 11.2 Å². The lowest BCUT2D eigenvalue weighted by Crippen LogP contribution is -2.45. The molecule has 2 saturated heterocycles. The van der Waals surface area contributed by atoms with E-state index in [0.717, 1.165) is 25.2 Å². The van der Waals surface area contributed by atoms with Crippen molar-refractivity contribution in [2.45, 2.75) is 55.5 Å². The molecule has 1 N–H and O–H groups in total. The van der Waals surface area contributed by atoms with Crippen LogP contribution in [0.4, 0.5) is 0 Å². The normalized spacial score (nSPS) is 37.8. The molecule has 3 unspecified atom stereocenters. The van der Waals surface area contributed by atoms with Crippen molar-refractivity contribution in [1.82, 2.24) is 0 Å². The van der Waals surface area contributed by atoms with Gasteiger partial charge in [0.25, 0.3) is 0 Å². The second kappa shape index (κ2) is 5.94. The summed E-state index contributed by atoms with van der Waals surface area (Å²) in [6.07, 6.45) is 7.14. The molecule has 0 aromatic carbocycles. The van der Waals surface area contributed by atoms with Crippen LogP contribution in [0.3, 0.4) is 0 Å². The van der Waals surface area contributed by atoms with Crippen molar-refractivity contribution in [2.24, 2.45) is 5.92 Å². The largest absolute Gasteiger partial charge is 0.392 e. The van der Waals surface area contributed by atoms with Gasteiger partial charge in [-0.05, 0) is 31.6 Å². The van der Waals surface area contributed by atoms with Crippen LogP contribution in [-0.4, -0.2) is 45.9 Å². The molecular formula is C14H24O2S2. The Morgan fingerprint density at radius 2 is 2.06 bits per heavy atom. The van der Waals surface area contributed by atoms with Crippen molar-refractivity contribution < 1.29 is 9.84 Å². The Bertz CT molecular complexity index is 273. The number of thioether (sulfide) groups is 2. The summed E-state index contributed by atoms with van der Waals surface area (Å²) in [5.74, 6) is 4.08. The highest BCUT2D eigenvalue weighted by atomic mass is 32.2. The van der Waals surface area contributed by atoms with Crippen LogP contribution in [0, 0.1) is 5.92 Å². The lowest BCUT2D eigenvalue weighted by atomic mass is 9.81. The summed E-state index contributed by atoms with van der Waals surface area (Å²) in [7, 11) is 0. The van der Waals surface area contributed by atoms with Crippen LogP contribution in [-0.2, 0) is 4.74 Å². The van der Waals surface area contributed by atoms with Gasteiger partial charge in [-0.3, -0.25) is 0 Å². The van der Waals surface area contributed by atoms with Gasteiger partial charge in [0.15, 0.2) is 0 Å². The average Bonchev–Trinajstić information content (AvgIpc) is 2.87. The third-order valence-corrected chi connectivity index (χ3v) is 7.62. The maximum atomic E-state index is 10.7. The molecule has 4 heteroatoms. The minimum Gasteiger partial charge on any atom is -0.392 e. The summed E-state index contributed by atoms with van der Waals surface area (Å²) in [4.78, 5) is 0. The first kappa shape index (κ1) is 13.6. The van der Waals surface area contributed by atoms with E-state index in [1.54, 1.807) is 0 Å². The highest BCUT2D eigenvalue weighted by molar-refractivity contribution is 8.06. The first-order chi connectivity index (χ1) is 8.79. The molecule has 1 saturated carbocycles. The molecule has 104 valence electrons. The maximum absolute atomic E-state index is 10.7. The summed E-state index contributed by atoms with van der Waals surface area (Å²) in [6, 6.07) is 0. The third kappa shape index (κ3) is 2.87. The van der Waals surface area contributed by atoms with Crippen LogP contribution in [0.2, 0.25) is 0 Å². The molecule has 0 aromatic heterocycles. The zero-order valence-electron chi connectivity index (χ0n) is 11.0. The number of aliphatic hydroxyl groups is 1. The molecular weight excluding hydrogens is 264 g/mol. The highest BCUT2D eigenvalue weighted by Gasteiger charge is 2.43. The number of ether oxygens (including phenoxy) is 1. The van der Waals surface area contributed by atoms with Gasteiger partial charge in [0.1, 0.15) is 0 Å². The Morgan fingerprint density at radius 1 is 1.22 bits per heavy atom. The molecule has 0 bridgehead atoms. The summed E-state index contributed by atoms with van der Waals surface area (Å²) in [6.45, 7) is 0.867. The first-order valence-corrected chi connectivity index (χ1v) is 9.51. The number of aliphatic hydroxyl groups excluding tert-OH is 1. The predicted octanol–water partition coefficient (Wildman–Crippen LogP) is 2.94. The molecule has 3 fully saturated rings. The summed E-state index contributed by atoms with van der Waals surface area (Å²) >= 11 is 3.99. The monoisotopic (exact) mass is 288 g/mol. The smallest absolute Gasteiger partial charge is 0.0696 e. The molecule has 3 aliphatic rings. The number of hydrogen-bond donors (Lipinski definition) is 1. The topological polar surface area (TPSA) is 29.5 Å². The van der Waals surface area contributed by atoms with Crippen LogP contribution in [0.25, 0.3) is 0 Å². The first-order valence-electron chi connectivity index (χ1n) is 7.30. The standard InChI is InChI=1S/C14H24O2S2/c15-13(12-10-17-7-8-18-12)11-3-6-16-14(9-11)4-1-2-5-14/h11-13,15H,1-10H2. The van der Waals surface area contributed by atoms with Gasteiger partial charge in [0.2, 0.25) is 0 Å². The van der Waals surface area contributed by atoms with Crippen LogP contribution in [0.5, 0.6) is 0 Å². The molecule has 1 aliphatic carbocycles. The number of hydrogen-bond acceptors (Lipinski definition) is 4. The molecule has 0 radical (unpaired) electrons. The van der Waals surface area contributed by atoms with Gasteiger partial charge in [-0.15, -0.1) is 0 Å². The zero-order valence-corrected chi connectivity index (χ0v) is 12.6. The third-order valence-electron chi connectivity index (χ3n) is 4.75. The Balaban J connectivity index is 1.60. The van der Waals surface area contributed by atoms with Gasteiger partial charge < -0.3 is 9.84 Å². The quantitative estimate of drug-likeness (QED) is 0.846. The highest BCUT2D eigenvalue weighted by Crippen LogP contribution is 2.44. The van der Waals surface area contributed by atoms with Crippen molar-refractivity contribution in [3.63, 3.8) is 0 Å². The Kier molecular flexibility index (Phi) is 4.49. The van der Waals surface area contributed by atoms with Crippen LogP contribution >= 0.6 is 23.5 Å². The van der Waals surface area contributed by atoms with E-state index in [2.05, 4.69) is 0 Å². The molecule has 3 rings (SSSR count). The van der Waals surface area contributed by atoms with E-state index in [1.807, 2.05) is 23.5 Å². The Labute approximate surface area is 119 Å². The van der Waals surface area contributed by atoms with E-state index in [9.17, 15) is 5.11 Å². The van der Waals surface area contributed by atoms with Gasteiger partial charge >= 0.3 is 0 Å². The van der Waals surface area contributed by atoms with Crippen molar-refractivity contribution in [2.75, 3.05) is 23.9 Å². The van der Waals surface area contributed by atoms with E-state index >= 15 is 0 Å². The van der Waals surface area contributed by atoms with Crippen LogP contribution in [0.15, 0.2) is 0 Å². The van der Waals surface area contributed by atoms with Crippen LogP contribution in [0.1, 0.15) is 38.5 Å². The molecule has 3 atom stereocenters. The SMILES string of the molecule is OC(C1CCOC2(CCCC2)C1)C1CSCCS1. The fourth-order valence-corrected chi connectivity index (χ4v) is 6.58. The van der Waals surface area contributed by atoms with Gasteiger partial charge in [-0.1, -0.05) is 12.8 Å². The summed E-state index contributed by atoms with van der Waals surface area (Å²) < 4.78 is 6.07. The van der Waals surface area contributed by atoms with Gasteiger partial charge in [0.05, 0.1) is 11.7 Å². The Morgan fingerprint density at radius 3 is 2.78 bits per heavy atom. The molecule has 2 aliphatic heterocycles. The second-order valence-electron chi connectivity index (χ2n) is 5.97. The molecule has 2 heterocycles. The molecule has 0 aromatic rings. The summed E-state index contributed by atoms with van der Waals surface area (Å²) in [5.41, 5.74) is 0.149. The lowest BCUT2D eigenvalue weighted by Gasteiger charge is -2.42. The van der Waals surface area contributed by atoms with Gasteiger partial charge in [0, 0.05) is 29.1 Å². The maximum Gasteiger partial charge on any atom is 0.0696 e. The van der Waals surface area contributed by atoms with Crippen LogP contribution < -0.4 is 0 Å². The van der Waals surface area contributed by atoms with E-state index in [1.165, 1.54) is 37.2 Å². The fraction of sp³-hybridized carbons (Fsp3) is 1.00. The van der Waals surface area contributed by atoms with E-state index in [4.69, 9.17) is 4.74 Å². The fourth-order valence-electron chi connectivity index (χ4n) is 3.73. The zero-order chi connectivity index (χ0) is 12.4. The van der Waals surface area contributed by atoms with Crippen molar-refractivity contribution in [1.29, 1.82) is 0 Å². The van der Waals surface area contributed by atoms with Gasteiger partial charge in [-0.25, -0.2) is 0 Å². The summed E-state index contributed by atoms with van der Waals surface area (Å²) in [5, 5.41) is 11.1. The minimum atomic E-state index is -0.107. The second-order valence-corrected chi connectivity index (χ2v) is 8.46. The number of rotatable bonds is 2. The van der Waals surface area contributed by atoms with Crippen molar-refractivity contribution >= 4 is 23.5 Å². The molecule has 1 spiro atoms.